The summed E-state index contributed by atoms with van der Waals surface area (Å²) >= 11 is 1.58. The fourth-order valence-corrected chi connectivity index (χ4v) is 3.32. The Morgan fingerprint density at radius 1 is 1.47 bits per heavy atom. The molecular formula is C12H17NO3S. The molecule has 1 fully saturated rings. The highest BCUT2D eigenvalue weighted by Crippen LogP contribution is 2.42. The van der Waals surface area contributed by atoms with E-state index in [-0.39, 0.29) is 18.0 Å². The third-order valence-corrected chi connectivity index (χ3v) is 4.37. The number of esters is 1. The van der Waals surface area contributed by atoms with Crippen LogP contribution in [0.4, 0.5) is 0 Å². The number of thiazole rings is 1. The molecule has 94 valence electrons. The molecule has 5 heteroatoms. The average Bonchev–Trinajstić information content (AvgIpc) is 2.97. The van der Waals surface area contributed by atoms with Crippen molar-refractivity contribution in [3.63, 3.8) is 0 Å². The summed E-state index contributed by atoms with van der Waals surface area (Å²) in [5.41, 5.74) is 0.569. The molecule has 0 radical (unpaired) electrons. The van der Waals surface area contributed by atoms with E-state index >= 15 is 0 Å². The molecule has 0 aromatic carbocycles. The summed E-state index contributed by atoms with van der Waals surface area (Å²) < 4.78 is 10.3. The predicted molar refractivity (Wildman–Crippen MR) is 65.0 cm³/mol. The number of rotatable bonds is 4. The van der Waals surface area contributed by atoms with Gasteiger partial charge >= 0.3 is 5.97 Å². The number of nitrogens with zero attached hydrogens (tertiary/aromatic N) is 1. The van der Waals surface area contributed by atoms with Crippen LogP contribution in [0.5, 0.6) is 0 Å². The summed E-state index contributed by atoms with van der Waals surface area (Å²) in [7, 11) is 3.13. The van der Waals surface area contributed by atoms with E-state index in [2.05, 4.69) is 9.72 Å². The maximum absolute atomic E-state index is 11.2. The van der Waals surface area contributed by atoms with Gasteiger partial charge < -0.3 is 9.47 Å². The lowest BCUT2D eigenvalue weighted by atomic mass is 10.0. The molecule has 0 unspecified atom stereocenters. The molecule has 0 amide bonds. The van der Waals surface area contributed by atoms with Crippen LogP contribution in [0.25, 0.3) is 0 Å². The Kier molecular flexibility index (Phi) is 3.79. The van der Waals surface area contributed by atoms with E-state index in [1.54, 1.807) is 18.4 Å². The normalized spacial score (nSPS) is 18.2. The average molecular weight is 255 g/mol. The number of ether oxygens (including phenoxy) is 2. The first-order valence-electron chi connectivity index (χ1n) is 5.77. The van der Waals surface area contributed by atoms with Crippen LogP contribution in [0.1, 0.15) is 36.4 Å². The summed E-state index contributed by atoms with van der Waals surface area (Å²) in [6.45, 7) is 0. The smallest absolute Gasteiger partial charge is 0.311 e. The van der Waals surface area contributed by atoms with Gasteiger partial charge in [0.05, 0.1) is 19.2 Å². The van der Waals surface area contributed by atoms with E-state index in [1.165, 1.54) is 20.0 Å². The summed E-state index contributed by atoms with van der Waals surface area (Å²) in [4.78, 5) is 15.7. The number of hydrogen-bond donors (Lipinski definition) is 0. The molecule has 1 aromatic rings. The number of carbonyl (C=O) groups is 1. The van der Waals surface area contributed by atoms with Gasteiger partial charge in [0.15, 0.2) is 0 Å². The van der Waals surface area contributed by atoms with Gasteiger partial charge in [0.2, 0.25) is 0 Å². The van der Waals surface area contributed by atoms with Gasteiger partial charge in [0.1, 0.15) is 10.6 Å². The SMILES string of the molecule is COC(=O)Cc1csc(C2(OC)CCCC2)n1. The predicted octanol–water partition coefficient (Wildman–Crippen LogP) is 2.27. The van der Waals surface area contributed by atoms with Crippen molar-refractivity contribution in [1.29, 1.82) is 0 Å². The Hall–Kier alpha value is -0.940. The lowest BCUT2D eigenvalue weighted by molar-refractivity contribution is -0.139. The third-order valence-electron chi connectivity index (χ3n) is 3.30. The van der Waals surface area contributed by atoms with Crippen molar-refractivity contribution in [2.24, 2.45) is 0 Å². The highest BCUT2D eigenvalue weighted by molar-refractivity contribution is 7.09. The van der Waals surface area contributed by atoms with Crippen molar-refractivity contribution < 1.29 is 14.3 Å². The number of hydrogen-bond acceptors (Lipinski definition) is 5. The second-order valence-corrected chi connectivity index (χ2v) is 5.16. The van der Waals surface area contributed by atoms with Gasteiger partial charge in [-0.3, -0.25) is 4.79 Å². The van der Waals surface area contributed by atoms with Gasteiger partial charge in [-0.1, -0.05) is 12.8 Å². The molecule has 1 aliphatic carbocycles. The van der Waals surface area contributed by atoms with Crippen LogP contribution >= 0.6 is 11.3 Å². The molecule has 0 atom stereocenters. The Morgan fingerprint density at radius 3 is 2.76 bits per heavy atom. The maximum Gasteiger partial charge on any atom is 0.311 e. The van der Waals surface area contributed by atoms with Crippen molar-refractivity contribution in [3.05, 3.63) is 16.1 Å². The van der Waals surface area contributed by atoms with Crippen molar-refractivity contribution in [2.75, 3.05) is 14.2 Å². The van der Waals surface area contributed by atoms with Gasteiger partial charge in [-0.15, -0.1) is 11.3 Å². The Bertz CT molecular complexity index is 396. The quantitative estimate of drug-likeness (QED) is 0.774. The van der Waals surface area contributed by atoms with E-state index in [4.69, 9.17) is 4.74 Å². The zero-order chi connectivity index (χ0) is 12.3. The second-order valence-electron chi connectivity index (χ2n) is 4.30. The number of aromatic nitrogens is 1. The molecule has 1 saturated carbocycles. The second kappa shape index (κ2) is 5.14. The number of methoxy groups -OCH3 is 2. The van der Waals surface area contributed by atoms with Crippen LogP contribution in [0.15, 0.2) is 5.38 Å². The molecule has 0 N–H and O–H groups in total. The maximum atomic E-state index is 11.2. The van der Waals surface area contributed by atoms with Crippen molar-refractivity contribution in [1.82, 2.24) is 4.98 Å². The summed E-state index contributed by atoms with van der Waals surface area (Å²) in [6, 6.07) is 0. The number of carbonyl (C=O) groups excluding carboxylic acids is 1. The van der Waals surface area contributed by atoms with Crippen LogP contribution in [0, 0.1) is 0 Å². The molecule has 0 bridgehead atoms. The minimum atomic E-state index is -0.250. The molecule has 1 heterocycles. The molecule has 17 heavy (non-hydrogen) atoms. The van der Waals surface area contributed by atoms with Crippen molar-refractivity contribution in [2.45, 2.75) is 37.7 Å². The van der Waals surface area contributed by atoms with Gasteiger partial charge in [-0.25, -0.2) is 4.98 Å². The molecular weight excluding hydrogens is 238 g/mol. The Balaban J connectivity index is 2.14. The summed E-state index contributed by atoms with van der Waals surface area (Å²) in [5, 5.41) is 2.92. The van der Waals surface area contributed by atoms with Gasteiger partial charge in [-0.05, 0) is 12.8 Å². The zero-order valence-corrected chi connectivity index (χ0v) is 11.0. The molecule has 4 nitrogen and oxygen atoms in total. The highest BCUT2D eigenvalue weighted by Gasteiger charge is 2.38. The summed E-state index contributed by atoms with van der Waals surface area (Å²) in [6.07, 6.45) is 4.65. The van der Waals surface area contributed by atoms with Crippen LogP contribution in [-0.2, 0) is 26.3 Å². The molecule has 2 rings (SSSR count). The third kappa shape index (κ3) is 2.50. The highest BCUT2D eigenvalue weighted by atomic mass is 32.1. The van der Waals surface area contributed by atoms with E-state index in [9.17, 15) is 4.79 Å². The van der Waals surface area contributed by atoms with Crippen molar-refractivity contribution in [3.8, 4) is 0 Å². The first-order valence-corrected chi connectivity index (χ1v) is 6.65. The monoisotopic (exact) mass is 255 g/mol. The van der Waals surface area contributed by atoms with Crippen LogP contribution < -0.4 is 0 Å². The van der Waals surface area contributed by atoms with E-state index in [0.717, 1.165) is 23.5 Å². The Morgan fingerprint density at radius 2 is 2.18 bits per heavy atom. The lowest BCUT2D eigenvalue weighted by Gasteiger charge is -2.24. The molecule has 1 aromatic heterocycles. The first kappa shape index (κ1) is 12.5. The molecule has 1 aliphatic rings. The van der Waals surface area contributed by atoms with E-state index in [1.807, 2.05) is 5.38 Å². The molecule has 0 spiro atoms. The lowest BCUT2D eigenvalue weighted by Crippen LogP contribution is -2.24. The van der Waals surface area contributed by atoms with Gasteiger partial charge in [0.25, 0.3) is 0 Å². The Labute approximate surface area is 105 Å². The largest absolute Gasteiger partial charge is 0.469 e. The first-order chi connectivity index (χ1) is 8.20. The summed E-state index contributed by atoms with van der Waals surface area (Å²) in [5.74, 6) is -0.250. The van der Waals surface area contributed by atoms with E-state index < -0.39 is 0 Å². The zero-order valence-electron chi connectivity index (χ0n) is 10.2. The minimum Gasteiger partial charge on any atom is -0.469 e. The topological polar surface area (TPSA) is 48.4 Å². The van der Waals surface area contributed by atoms with Crippen LogP contribution in [0.2, 0.25) is 0 Å². The molecule has 0 aliphatic heterocycles. The van der Waals surface area contributed by atoms with Gasteiger partial charge in [-0.2, -0.15) is 0 Å². The van der Waals surface area contributed by atoms with Crippen molar-refractivity contribution >= 4 is 17.3 Å². The molecule has 0 saturated heterocycles. The standard InChI is InChI=1S/C12H17NO3S/c1-15-10(14)7-9-8-17-11(13-9)12(16-2)5-3-4-6-12/h8H,3-7H2,1-2H3. The van der Waals surface area contributed by atoms with E-state index in [0.29, 0.717) is 0 Å². The van der Waals surface area contributed by atoms with Gasteiger partial charge in [0, 0.05) is 12.5 Å². The fraction of sp³-hybridized carbons (Fsp3) is 0.667. The van der Waals surface area contributed by atoms with Crippen LogP contribution in [0.3, 0.4) is 0 Å². The minimum absolute atomic E-state index is 0.209. The van der Waals surface area contributed by atoms with Crippen LogP contribution in [-0.4, -0.2) is 25.2 Å². The fourth-order valence-electron chi connectivity index (χ4n) is 2.27.